The Morgan fingerprint density at radius 1 is 0.587 bits per heavy atom. The molecule has 0 radical (unpaired) electrons. The van der Waals surface area contributed by atoms with E-state index in [0.29, 0.717) is 72.4 Å². The molecule has 3 unspecified atom stereocenters. The van der Waals surface area contributed by atoms with Gasteiger partial charge in [-0.25, -0.2) is 19.9 Å². The number of nitrogens with one attached hydrogen (secondary N) is 6. The number of hydrogen-bond donors (Lipinski definition) is 6. The van der Waals surface area contributed by atoms with Crippen LogP contribution in [0.3, 0.4) is 0 Å². The molecule has 7 atom stereocenters. The van der Waals surface area contributed by atoms with Crippen LogP contribution in [0.15, 0.2) is 61.2 Å². The van der Waals surface area contributed by atoms with Gasteiger partial charge < -0.3 is 46.1 Å². The number of aromatic nitrogens is 6. The minimum absolute atomic E-state index is 0.274. The molecular weight excluding hydrogens is 793 g/mol. The van der Waals surface area contributed by atoms with E-state index in [1.165, 1.54) is 6.42 Å². The third-order valence-corrected chi connectivity index (χ3v) is 13.5. The Kier molecular flexibility index (Phi) is 16.0. The molecule has 4 aliphatic rings. The molecule has 4 aromatic heterocycles. The van der Waals surface area contributed by atoms with Crippen molar-refractivity contribution >= 4 is 23.3 Å². The van der Waals surface area contributed by atoms with Gasteiger partial charge in [-0.2, -0.15) is 0 Å². The van der Waals surface area contributed by atoms with Crippen LogP contribution in [-0.4, -0.2) is 120 Å². The Morgan fingerprint density at radius 3 is 1.78 bits per heavy atom. The fourth-order valence-electron chi connectivity index (χ4n) is 10.2. The fourth-order valence-corrected chi connectivity index (χ4v) is 10.2. The highest BCUT2D eigenvalue weighted by atomic mass is 16.5. The van der Waals surface area contributed by atoms with Gasteiger partial charge in [0.2, 0.25) is 11.9 Å². The molecule has 0 bridgehead atoms. The van der Waals surface area contributed by atoms with Crippen molar-refractivity contribution in [2.75, 3.05) is 75.0 Å². The lowest BCUT2D eigenvalue weighted by Crippen LogP contribution is -2.47. The van der Waals surface area contributed by atoms with Crippen LogP contribution < -0.4 is 31.9 Å². The smallest absolute Gasteiger partial charge is 0.223 e. The molecule has 4 fully saturated rings. The molecule has 340 valence electrons. The number of ether oxygens (including phenoxy) is 3. The summed E-state index contributed by atoms with van der Waals surface area (Å²) < 4.78 is 16.3. The highest BCUT2D eigenvalue weighted by Crippen LogP contribution is 2.50. The maximum absolute atomic E-state index is 5.55. The summed E-state index contributed by atoms with van der Waals surface area (Å²) in [6, 6.07) is 14.5. The molecule has 0 spiro atoms. The van der Waals surface area contributed by atoms with Crippen LogP contribution in [0.5, 0.6) is 0 Å². The summed E-state index contributed by atoms with van der Waals surface area (Å²) >= 11 is 0. The quantitative estimate of drug-likeness (QED) is 0.0510. The van der Waals surface area contributed by atoms with Crippen LogP contribution in [0.1, 0.15) is 78.1 Å². The van der Waals surface area contributed by atoms with Crippen molar-refractivity contribution in [2.24, 2.45) is 23.7 Å². The molecule has 5 heterocycles. The Bertz CT molecular complexity index is 2010. The van der Waals surface area contributed by atoms with E-state index in [4.69, 9.17) is 39.1 Å². The minimum atomic E-state index is 0.274. The minimum Gasteiger partial charge on any atom is -0.385 e. The predicted octanol–water partition coefficient (Wildman–Crippen LogP) is 6.90. The first-order valence-electron chi connectivity index (χ1n) is 23.6. The lowest BCUT2D eigenvalue weighted by molar-refractivity contribution is 0.0699. The maximum atomic E-state index is 5.55. The van der Waals surface area contributed by atoms with E-state index in [-0.39, 0.29) is 6.04 Å². The second-order valence-corrected chi connectivity index (χ2v) is 18.5. The van der Waals surface area contributed by atoms with Gasteiger partial charge in [-0.3, -0.25) is 9.97 Å². The van der Waals surface area contributed by atoms with E-state index < -0.39 is 0 Å². The first-order chi connectivity index (χ1) is 30.9. The second kappa shape index (κ2) is 22.4. The number of pyridine rings is 2. The molecule has 8 rings (SSSR count). The summed E-state index contributed by atoms with van der Waals surface area (Å²) in [5.74, 6) is 3.60. The molecular formula is C48H70N12O3. The average Bonchev–Trinajstić information content (AvgIpc) is 4.09. The highest BCUT2D eigenvalue weighted by molar-refractivity contribution is 5.62. The van der Waals surface area contributed by atoms with Crippen molar-refractivity contribution in [3.8, 4) is 22.8 Å². The zero-order valence-electron chi connectivity index (χ0n) is 37.8. The Balaban J connectivity index is 0.871. The fraction of sp³-hybridized carbons (Fsp3) is 0.625. The van der Waals surface area contributed by atoms with Crippen LogP contribution in [0, 0.1) is 23.7 Å². The number of methoxy groups -OCH3 is 2. The molecule has 1 saturated heterocycles. The van der Waals surface area contributed by atoms with Crippen LogP contribution in [0.4, 0.5) is 23.3 Å². The molecule has 3 aliphatic carbocycles. The summed E-state index contributed by atoms with van der Waals surface area (Å²) in [6.45, 7) is 9.38. The van der Waals surface area contributed by atoms with Gasteiger partial charge in [0.15, 0.2) is 0 Å². The predicted molar refractivity (Wildman–Crippen MR) is 250 cm³/mol. The van der Waals surface area contributed by atoms with E-state index in [0.717, 1.165) is 125 Å². The standard InChI is InChI=1S/C48H70N12O3/c1-31(29-61-3)55-35-5-7-36(8-6-35)57-47-51-19-13-43(59-47)46-26-38(12-18-50-46)54-28-34-23-40(34)41-24-39(56-32(2)30-62-4)9-10-42(41)58-48-52-20-14-44(60-48)45-25-37(11-17-49-45)53-27-33-15-21-63-22-16-33/h11-14,17-20,25-26,31-36,39-42,55-56H,5-10,15-16,21-24,27-30H2,1-4H3,(H,49,53)(H,50,54)(H,51,57,59)(H,52,58,60)/t31-,32-,34?,35?,36?,39-,40?,41?,42-/m1/s1. The van der Waals surface area contributed by atoms with Gasteiger partial charge in [0.05, 0.1) is 36.0 Å². The summed E-state index contributed by atoms with van der Waals surface area (Å²) in [5.41, 5.74) is 5.43. The molecule has 3 saturated carbocycles. The Labute approximate surface area is 373 Å². The lowest BCUT2D eigenvalue weighted by Gasteiger charge is -2.38. The van der Waals surface area contributed by atoms with E-state index in [9.17, 15) is 0 Å². The number of hydrogen-bond acceptors (Lipinski definition) is 15. The van der Waals surface area contributed by atoms with Crippen molar-refractivity contribution in [1.82, 2.24) is 40.5 Å². The Hall–Kier alpha value is -4.54. The molecule has 15 nitrogen and oxygen atoms in total. The molecule has 0 amide bonds. The van der Waals surface area contributed by atoms with Gasteiger partial charge in [-0.05, 0) is 138 Å². The first kappa shape index (κ1) is 45.0. The van der Waals surface area contributed by atoms with Crippen LogP contribution >= 0.6 is 0 Å². The number of anilines is 4. The van der Waals surface area contributed by atoms with Gasteiger partial charge in [0.1, 0.15) is 0 Å². The normalized spacial score (nSPS) is 26.1. The van der Waals surface area contributed by atoms with Crippen molar-refractivity contribution in [2.45, 2.75) is 114 Å². The summed E-state index contributed by atoms with van der Waals surface area (Å²) in [6.07, 6.45) is 18.4. The highest BCUT2D eigenvalue weighted by Gasteiger charge is 2.48. The van der Waals surface area contributed by atoms with Gasteiger partial charge >= 0.3 is 0 Å². The molecule has 15 heteroatoms. The van der Waals surface area contributed by atoms with Gasteiger partial charge in [0, 0.05) is 113 Å². The van der Waals surface area contributed by atoms with Crippen LogP contribution in [0.2, 0.25) is 0 Å². The third kappa shape index (κ3) is 13.0. The largest absolute Gasteiger partial charge is 0.385 e. The number of nitrogens with zero attached hydrogens (tertiary/aromatic N) is 6. The topological polar surface area (TPSA) is 177 Å². The monoisotopic (exact) mass is 863 g/mol. The third-order valence-electron chi connectivity index (χ3n) is 13.5. The van der Waals surface area contributed by atoms with Gasteiger partial charge in [-0.15, -0.1) is 0 Å². The van der Waals surface area contributed by atoms with Crippen LogP contribution in [-0.2, 0) is 14.2 Å². The molecule has 63 heavy (non-hydrogen) atoms. The Morgan fingerprint density at radius 2 is 1.14 bits per heavy atom. The molecule has 0 aromatic carbocycles. The first-order valence-corrected chi connectivity index (χ1v) is 23.6. The van der Waals surface area contributed by atoms with Crippen LogP contribution in [0.25, 0.3) is 22.8 Å². The average molecular weight is 863 g/mol. The van der Waals surface area contributed by atoms with Crippen molar-refractivity contribution in [3.05, 3.63) is 61.2 Å². The molecule has 1 aliphatic heterocycles. The van der Waals surface area contributed by atoms with Gasteiger partial charge in [0.25, 0.3) is 0 Å². The van der Waals surface area contributed by atoms with Gasteiger partial charge in [-0.1, -0.05) is 0 Å². The lowest BCUT2D eigenvalue weighted by atomic mass is 9.78. The van der Waals surface area contributed by atoms with E-state index >= 15 is 0 Å². The zero-order valence-corrected chi connectivity index (χ0v) is 37.8. The van der Waals surface area contributed by atoms with Crippen molar-refractivity contribution in [1.29, 1.82) is 0 Å². The molecule has 4 aromatic rings. The van der Waals surface area contributed by atoms with Crippen molar-refractivity contribution in [3.63, 3.8) is 0 Å². The SMILES string of the molecule is COC[C@@H](C)NC1CCC(Nc2nccc(-c3cc(NCC4CC4C4C[C@H](N[C@H](C)COC)CC[C@H]4Nc4nccc(-c5cc(NCC6CCOCC6)ccn5)n4)ccn3)n2)CC1. The van der Waals surface area contributed by atoms with E-state index in [2.05, 4.69) is 68.9 Å². The zero-order chi connectivity index (χ0) is 43.4. The molecule has 6 N–H and O–H groups in total. The van der Waals surface area contributed by atoms with E-state index in [1.807, 2.05) is 43.0 Å². The summed E-state index contributed by atoms with van der Waals surface area (Å²) in [5, 5.41) is 22.4. The maximum Gasteiger partial charge on any atom is 0.223 e. The van der Waals surface area contributed by atoms with Crippen molar-refractivity contribution < 1.29 is 14.2 Å². The summed E-state index contributed by atoms with van der Waals surface area (Å²) in [4.78, 5) is 28.6. The number of rotatable bonds is 21. The van der Waals surface area contributed by atoms with E-state index in [1.54, 1.807) is 14.2 Å². The summed E-state index contributed by atoms with van der Waals surface area (Å²) in [7, 11) is 3.53. The second-order valence-electron chi connectivity index (χ2n) is 18.5.